The lowest BCUT2D eigenvalue weighted by atomic mass is 10.3. The monoisotopic (exact) mass is 413 g/mol. The molecule has 0 fully saturated rings. The van der Waals surface area contributed by atoms with E-state index in [4.69, 9.17) is 0 Å². The average molecular weight is 413 g/mol. The summed E-state index contributed by atoms with van der Waals surface area (Å²) in [5, 5.41) is 2.17. The Labute approximate surface area is 149 Å². The Bertz CT molecular complexity index is 894. The fraction of sp³-hybridized carbons (Fsp3) is 0.286. The van der Waals surface area contributed by atoms with E-state index in [1.807, 2.05) is 0 Å². The first-order valence-electron chi connectivity index (χ1n) is 7.11. The Kier molecular flexibility index (Phi) is 6.03. The topological polar surface area (TPSA) is 90.3 Å². The molecule has 148 valence electrons. The molecule has 0 radical (unpaired) electrons. The number of sulfone groups is 1. The van der Waals surface area contributed by atoms with Gasteiger partial charge in [-0.1, -0.05) is 0 Å². The van der Waals surface area contributed by atoms with E-state index >= 15 is 0 Å². The number of rotatable bonds is 7. The van der Waals surface area contributed by atoms with Gasteiger partial charge in [0.1, 0.15) is 23.1 Å². The summed E-state index contributed by atoms with van der Waals surface area (Å²) in [5.74, 6) is -3.84. The van der Waals surface area contributed by atoms with E-state index in [9.17, 15) is 35.2 Å². The summed E-state index contributed by atoms with van der Waals surface area (Å²) in [7, 11) is -4.11. The third-order valence-corrected chi connectivity index (χ3v) is 4.43. The largest absolute Gasteiger partial charge is 0.573 e. The summed E-state index contributed by atoms with van der Waals surface area (Å²) in [6.07, 6.45) is -2.97. The summed E-state index contributed by atoms with van der Waals surface area (Å²) >= 11 is 0. The first-order valence-corrected chi connectivity index (χ1v) is 8.93. The van der Waals surface area contributed by atoms with E-state index in [0.29, 0.717) is 4.57 Å². The van der Waals surface area contributed by atoms with E-state index in [2.05, 4.69) is 15.0 Å². The first kappa shape index (κ1) is 20.6. The standard InChI is InChI=1S/C14H12F5N3O4S/c15-13(16)22-6-5-20-11(22)7-27(24,25)8-12(23)21-9-1-3-10(4-2-9)26-14(17,18)19/h1-6,13H,7-8H2,(H,21,23). The molecule has 0 aliphatic heterocycles. The van der Waals surface area contributed by atoms with Crippen molar-refractivity contribution in [2.45, 2.75) is 18.7 Å². The van der Waals surface area contributed by atoms with Crippen molar-refractivity contribution in [3.63, 3.8) is 0 Å². The second-order valence-electron chi connectivity index (χ2n) is 5.18. The van der Waals surface area contributed by atoms with E-state index in [1.165, 1.54) is 0 Å². The van der Waals surface area contributed by atoms with Gasteiger partial charge in [-0.3, -0.25) is 9.36 Å². The molecule has 2 aromatic rings. The minimum Gasteiger partial charge on any atom is -0.406 e. The number of hydrogen-bond acceptors (Lipinski definition) is 5. The summed E-state index contributed by atoms with van der Waals surface area (Å²) in [4.78, 5) is 15.3. The van der Waals surface area contributed by atoms with Crippen LogP contribution in [-0.4, -0.2) is 36.0 Å². The Hall–Kier alpha value is -2.70. The second-order valence-corrected chi connectivity index (χ2v) is 7.25. The molecule has 1 aromatic carbocycles. The number of nitrogens with one attached hydrogen (secondary N) is 1. The van der Waals surface area contributed by atoms with E-state index in [0.717, 1.165) is 36.7 Å². The molecule has 0 aliphatic rings. The number of aromatic nitrogens is 2. The van der Waals surface area contributed by atoms with Crippen molar-refractivity contribution in [1.29, 1.82) is 0 Å². The van der Waals surface area contributed by atoms with Gasteiger partial charge in [0.2, 0.25) is 5.91 Å². The van der Waals surface area contributed by atoms with Crippen LogP contribution in [0.1, 0.15) is 12.4 Å². The van der Waals surface area contributed by atoms with Crippen molar-refractivity contribution in [2.75, 3.05) is 11.1 Å². The highest BCUT2D eigenvalue weighted by Crippen LogP contribution is 2.24. The zero-order valence-corrected chi connectivity index (χ0v) is 14.1. The molecule has 7 nitrogen and oxygen atoms in total. The third-order valence-electron chi connectivity index (χ3n) is 3.03. The predicted octanol–water partition coefficient (Wildman–Crippen LogP) is 2.73. The molecule has 1 N–H and O–H groups in total. The van der Waals surface area contributed by atoms with Gasteiger partial charge in [0.05, 0.1) is 0 Å². The van der Waals surface area contributed by atoms with Crippen molar-refractivity contribution in [1.82, 2.24) is 9.55 Å². The Morgan fingerprint density at radius 3 is 2.41 bits per heavy atom. The van der Waals surface area contributed by atoms with Crippen molar-refractivity contribution >= 4 is 21.4 Å². The van der Waals surface area contributed by atoms with E-state index in [-0.39, 0.29) is 5.69 Å². The minimum atomic E-state index is -4.87. The Morgan fingerprint density at radius 2 is 1.85 bits per heavy atom. The maximum atomic E-state index is 12.7. The van der Waals surface area contributed by atoms with Gasteiger partial charge in [-0.05, 0) is 24.3 Å². The van der Waals surface area contributed by atoms with Crippen LogP contribution in [0.4, 0.5) is 27.6 Å². The SMILES string of the molecule is O=C(CS(=O)(=O)Cc1nccn1C(F)F)Nc1ccc(OC(F)(F)F)cc1. The van der Waals surface area contributed by atoms with Gasteiger partial charge in [-0.2, -0.15) is 8.78 Å². The maximum Gasteiger partial charge on any atom is 0.573 e. The van der Waals surface area contributed by atoms with Crippen molar-refractivity contribution in [3.8, 4) is 5.75 Å². The quantitative estimate of drug-likeness (QED) is 0.705. The molecule has 27 heavy (non-hydrogen) atoms. The van der Waals surface area contributed by atoms with Crippen LogP contribution in [0.3, 0.4) is 0 Å². The number of benzene rings is 1. The Morgan fingerprint density at radius 1 is 1.22 bits per heavy atom. The third kappa shape index (κ3) is 6.51. The molecule has 0 saturated heterocycles. The molecule has 0 aliphatic carbocycles. The molecule has 0 unspecified atom stereocenters. The molecule has 1 heterocycles. The van der Waals surface area contributed by atoms with E-state index in [1.54, 1.807) is 0 Å². The minimum absolute atomic E-state index is 0.0267. The molecule has 0 bridgehead atoms. The normalized spacial score (nSPS) is 12.2. The zero-order chi connectivity index (χ0) is 20.2. The molecular formula is C14H12F5N3O4S. The predicted molar refractivity (Wildman–Crippen MR) is 82.7 cm³/mol. The molecule has 1 amide bonds. The number of nitrogens with zero attached hydrogens (tertiary/aromatic N) is 2. The van der Waals surface area contributed by atoms with Gasteiger partial charge in [-0.25, -0.2) is 13.4 Å². The van der Waals surface area contributed by atoms with Crippen LogP contribution >= 0.6 is 0 Å². The lowest BCUT2D eigenvalue weighted by Crippen LogP contribution is -2.25. The molecule has 13 heteroatoms. The summed E-state index contributed by atoms with van der Waals surface area (Å²) < 4.78 is 89.5. The fourth-order valence-corrected chi connectivity index (χ4v) is 3.21. The van der Waals surface area contributed by atoms with Crippen molar-refractivity contribution in [3.05, 3.63) is 42.5 Å². The first-order chi connectivity index (χ1) is 12.5. The van der Waals surface area contributed by atoms with Gasteiger partial charge < -0.3 is 10.1 Å². The van der Waals surface area contributed by atoms with Crippen LogP contribution < -0.4 is 10.1 Å². The van der Waals surface area contributed by atoms with Crippen LogP contribution in [0, 0.1) is 0 Å². The highest BCUT2D eigenvalue weighted by atomic mass is 32.2. The lowest BCUT2D eigenvalue weighted by molar-refractivity contribution is -0.274. The highest BCUT2D eigenvalue weighted by molar-refractivity contribution is 7.91. The zero-order valence-electron chi connectivity index (χ0n) is 13.3. The Balaban J connectivity index is 1.97. The van der Waals surface area contributed by atoms with E-state index < -0.39 is 51.7 Å². The average Bonchev–Trinajstić information content (AvgIpc) is 2.94. The molecule has 2 rings (SSSR count). The van der Waals surface area contributed by atoms with Crippen LogP contribution in [0.15, 0.2) is 36.7 Å². The lowest BCUT2D eigenvalue weighted by Gasteiger charge is -2.10. The molecular weight excluding hydrogens is 401 g/mol. The second kappa shape index (κ2) is 7.90. The van der Waals surface area contributed by atoms with Gasteiger partial charge in [0, 0.05) is 18.1 Å². The number of imidazole rings is 1. The molecule has 0 saturated carbocycles. The number of halogens is 5. The van der Waals surface area contributed by atoms with Crippen LogP contribution in [-0.2, 0) is 20.4 Å². The smallest absolute Gasteiger partial charge is 0.406 e. The molecule has 0 spiro atoms. The van der Waals surface area contributed by atoms with Gasteiger partial charge in [0.25, 0.3) is 0 Å². The van der Waals surface area contributed by atoms with Gasteiger partial charge in [-0.15, -0.1) is 13.2 Å². The van der Waals surface area contributed by atoms with Crippen LogP contribution in [0.5, 0.6) is 5.75 Å². The number of carbonyl (C=O) groups is 1. The van der Waals surface area contributed by atoms with Crippen molar-refractivity contribution < 1.29 is 39.9 Å². The number of amides is 1. The summed E-state index contributed by atoms with van der Waals surface area (Å²) in [5.41, 5.74) is 0.0267. The fourth-order valence-electron chi connectivity index (χ4n) is 2.02. The molecule has 0 atom stereocenters. The summed E-state index contributed by atoms with van der Waals surface area (Å²) in [6, 6.07) is 4.01. The summed E-state index contributed by atoms with van der Waals surface area (Å²) in [6.45, 7) is -2.98. The van der Waals surface area contributed by atoms with Gasteiger partial charge >= 0.3 is 12.9 Å². The number of hydrogen-bond donors (Lipinski definition) is 1. The maximum absolute atomic E-state index is 12.7. The van der Waals surface area contributed by atoms with Crippen LogP contribution in [0.25, 0.3) is 0 Å². The number of ether oxygens (including phenoxy) is 1. The number of anilines is 1. The number of alkyl halides is 5. The molecule has 1 aromatic heterocycles. The highest BCUT2D eigenvalue weighted by Gasteiger charge is 2.31. The number of carbonyl (C=O) groups excluding carboxylic acids is 1. The van der Waals surface area contributed by atoms with Gasteiger partial charge in [0.15, 0.2) is 9.84 Å². The van der Waals surface area contributed by atoms with Crippen LogP contribution in [0.2, 0.25) is 0 Å². The van der Waals surface area contributed by atoms with Crippen molar-refractivity contribution in [2.24, 2.45) is 0 Å².